The normalized spacial score (nSPS) is 21.3. The molecule has 3 N–H and O–H groups in total. The van der Waals surface area contributed by atoms with E-state index in [0.717, 1.165) is 5.56 Å². The first kappa shape index (κ1) is 17.4. The molecule has 1 unspecified atom stereocenters. The Morgan fingerprint density at radius 2 is 2.22 bits per heavy atom. The van der Waals surface area contributed by atoms with E-state index in [1.165, 1.54) is 12.1 Å². The Morgan fingerprint density at radius 3 is 2.78 bits per heavy atom. The van der Waals surface area contributed by atoms with Gasteiger partial charge in [0, 0.05) is 26.2 Å². The first-order valence-corrected chi connectivity index (χ1v) is 7.61. The molecule has 126 valence electrons. The molecule has 1 fully saturated rings. The van der Waals surface area contributed by atoms with Gasteiger partial charge in [-0.2, -0.15) is 0 Å². The summed E-state index contributed by atoms with van der Waals surface area (Å²) in [6, 6.07) is 6.13. The van der Waals surface area contributed by atoms with Gasteiger partial charge in [-0.1, -0.05) is 12.1 Å². The Morgan fingerprint density at radius 1 is 1.48 bits per heavy atom. The molecule has 0 bridgehead atoms. The molecule has 1 aromatic rings. The maximum atomic E-state index is 13.2. The molecule has 1 atom stereocenters. The first-order valence-electron chi connectivity index (χ1n) is 7.61. The van der Waals surface area contributed by atoms with Crippen LogP contribution in [0.1, 0.15) is 18.9 Å². The lowest BCUT2D eigenvalue weighted by atomic mass is 10.0. The number of β-amino-alcohol motifs (C(OH)–C–C–N with tert-alkyl or cyclic N) is 1. The molecule has 1 heterocycles. The second-order valence-electron chi connectivity index (χ2n) is 5.89. The van der Waals surface area contributed by atoms with E-state index < -0.39 is 11.5 Å². The second kappa shape index (κ2) is 7.06. The van der Waals surface area contributed by atoms with Crippen molar-refractivity contribution >= 4 is 11.8 Å². The highest BCUT2D eigenvalue weighted by atomic mass is 19.1. The Kier molecular flexibility index (Phi) is 5.33. The summed E-state index contributed by atoms with van der Waals surface area (Å²) in [6.07, 6.45) is 0.228. The molecule has 1 aromatic carbocycles. The summed E-state index contributed by atoms with van der Waals surface area (Å²) in [6.45, 7) is 3.25. The fourth-order valence-corrected chi connectivity index (χ4v) is 2.73. The van der Waals surface area contributed by atoms with E-state index >= 15 is 0 Å². The van der Waals surface area contributed by atoms with Crippen LogP contribution in [-0.4, -0.2) is 58.5 Å². The number of likely N-dealkylation sites (tertiary alicyclic amines) is 1. The number of primary amides is 1. The molecule has 6 nitrogen and oxygen atoms in total. The summed E-state index contributed by atoms with van der Waals surface area (Å²) in [4.78, 5) is 26.9. The highest BCUT2D eigenvalue weighted by molar-refractivity contribution is 5.84. The van der Waals surface area contributed by atoms with Crippen LogP contribution >= 0.6 is 0 Å². The zero-order valence-electron chi connectivity index (χ0n) is 13.2. The number of likely N-dealkylation sites (N-methyl/N-ethyl adjacent to an activating group) is 1. The van der Waals surface area contributed by atoms with Crippen molar-refractivity contribution in [3.63, 3.8) is 0 Å². The zero-order chi connectivity index (χ0) is 17.0. The first-order chi connectivity index (χ1) is 10.8. The number of carbonyl (C=O) groups is 2. The number of carbonyl (C=O) groups excluding carboxylic acids is 2. The van der Waals surface area contributed by atoms with E-state index in [9.17, 15) is 19.1 Å². The van der Waals surface area contributed by atoms with Gasteiger partial charge in [-0.05, 0) is 31.0 Å². The third-order valence-corrected chi connectivity index (χ3v) is 4.14. The smallest absolute Gasteiger partial charge is 0.250 e. The van der Waals surface area contributed by atoms with Gasteiger partial charge in [-0.15, -0.1) is 0 Å². The fourth-order valence-electron chi connectivity index (χ4n) is 2.73. The summed E-state index contributed by atoms with van der Waals surface area (Å²) >= 11 is 0. The third-order valence-electron chi connectivity index (χ3n) is 4.14. The minimum Gasteiger partial charge on any atom is -0.379 e. The quantitative estimate of drug-likeness (QED) is 0.777. The summed E-state index contributed by atoms with van der Waals surface area (Å²) in [7, 11) is 0. The monoisotopic (exact) mass is 323 g/mol. The average molecular weight is 323 g/mol. The van der Waals surface area contributed by atoms with Crippen molar-refractivity contribution in [1.82, 2.24) is 9.80 Å². The van der Waals surface area contributed by atoms with Crippen LogP contribution in [0.2, 0.25) is 0 Å². The van der Waals surface area contributed by atoms with Crippen LogP contribution in [0.25, 0.3) is 0 Å². The minimum absolute atomic E-state index is 0.0611. The lowest BCUT2D eigenvalue weighted by molar-refractivity contribution is -0.137. The van der Waals surface area contributed by atoms with E-state index in [2.05, 4.69) is 0 Å². The molecule has 0 spiro atoms. The SMILES string of the molecule is CCN(Cc1cccc(F)c1)C(=O)CN1CCC(O)(C(N)=O)C1. The van der Waals surface area contributed by atoms with Crippen molar-refractivity contribution in [2.75, 3.05) is 26.2 Å². The molecule has 0 aromatic heterocycles. The Labute approximate surface area is 134 Å². The number of nitrogens with zero attached hydrogens (tertiary/aromatic N) is 2. The van der Waals surface area contributed by atoms with Gasteiger partial charge in [0.25, 0.3) is 5.91 Å². The largest absolute Gasteiger partial charge is 0.379 e. The van der Waals surface area contributed by atoms with Crippen LogP contribution in [0.4, 0.5) is 4.39 Å². The van der Waals surface area contributed by atoms with Gasteiger partial charge in [0.15, 0.2) is 5.60 Å². The number of hydrogen-bond donors (Lipinski definition) is 2. The van der Waals surface area contributed by atoms with Gasteiger partial charge in [0.1, 0.15) is 5.82 Å². The molecular weight excluding hydrogens is 301 g/mol. The van der Waals surface area contributed by atoms with Gasteiger partial charge in [0.05, 0.1) is 6.54 Å². The van der Waals surface area contributed by atoms with Gasteiger partial charge in [-0.25, -0.2) is 4.39 Å². The maximum absolute atomic E-state index is 13.2. The molecular formula is C16H22FN3O3. The van der Waals surface area contributed by atoms with Crippen LogP contribution < -0.4 is 5.73 Å². The number of hydrogen-bond acceptors (Lipinski definition) is 4. The van der Waals surface area contributed by atoms with Crippen molar-refractivity contribution in [3.8, 4) is 0 Å². The average Bonchev–Trinajstić information content (AvgIpc) is 2.87. The highest BCUT2D eigenvalue weighted by Gasteiger charge is 2.41. The predicted octanol–water partition coefficient (Wildman–Crippen LogP) is 0.0963. The topological polar surface area (TPSA) is 86.9 Å². The summed E-state index contributed by atoms with van der Waals surface area (Å²) in [5.74, 6) is -1.23. The van der Waals surface area contributed by atoms with E-state index in [4.69, 9.17) is 5.73 Å². The van der Waals surface area contributed by atoms with Gasteiger partial charge in [0.2, 0.25) is 5.91 Å². The van der Waals surface area contributed by atoms with Crippen molar-refractivity contribution in [2.45, 2.75) is 25.5 Å². The van der Waals surface area contributed by atoms with Crippen LogP contribution in [-0.2, 0) is 16.1 Å². The van der Waals surface area contributed by atoms with Crippen molar-refractivity contribution in [3.05, 3.63) is 35.6 Å². The molecule has 1 aliphatic heterocycles. The Balaban J connectivity index is 1.94. The molecule has 0 radical (unpaired) electrons. The lowest BCUT2D eigenvalue weighted by Crippen LogP contribution is -2.47. The number of aliphatic hydroxyl groups is 1. The minimum atomic E-state index is -1.56. The number of benzene rings is 1. The summed E-state index contributed by atoms with van der Waals surface area (Å²) < 4.78 is 13.2. The van der Waals surface area contributed by atoms with E-state index in [-0.39, 0.29) is 31.2 Å². The molecule has 0 aliphatic carbocycles. The number of amides is 2. The molecule has 2 amide bonds. The van der Waals surface area contributed by atoms with E-state index in [1.54, 1.807) is 21.9 Å². The Hall–Kier alpha value is -1.99. The molecule has 23 heavy (non-hydrogen) atoms. The maximum Gasteiger partial charge on any atom is 0.250 e. The number of halogens is 1. The zero-order valence-corrected chi connectivity index (χ0v) is 13.2. The lowest BCUT2D eigenvalue weighted by Gasteiger charge is -2.25. The molecule has 0 saturated carbocycles. The molecule has 2 rings (SSSR count). The van der Waals surface area contributed by atoms with Gasteiger partial charge in [-0.3, -0.25) is 14.5 Å². The van der Waals surface area contributed by atoms with Crippen molar-refractivity contribution in [2.24, 2.45) is 5.73 Å². The van der Waals surface area contributed by atoms with Crippen molar-refractivity contribution in [1.29, 1.82) is 0 Å². The molecule has 1 aliphatic rings. The van der Waals surface area contributed by atoms with E-state index in [1.807, 2.05) is 6.92 Å². The van der Waals surface area contributed by atoms with Gasteiger partial charge >= 0.3 is 0 Å². The summed E-state index contributed by atoms with van der Waals surface area (Å²) in [5.41, 5.74) is 4.34. The predicted molar refractivity (Wildman–Crippen MR) is 82.7 cm³/mol. The second-order valence-corrected chi connectivity index (χ2v) is 5.89. The van der Waals surface area contributed by atoms with Crippen LogP contribution in [0.15, 0.2) is 24.3 Å². The van der Waals surface area contributed by atoms with Crippen LogP contribution in [0.5, 0.6) is 0 Å². The van der Waals surface area contributed by atoms with Crippen LogP contribution in [0.3, 0.4) is 0 Å². The van der Waals surface area contributed by atoms with Crippen molar-refractivity contribution < 1.29 is 19.1 Å². The fraction of sp³-hybridized carbons (Fsp3) is 0.500. The molecule has 7 heteroatoms. The highest BCUT2D eigenvalue weighted by Crippen LogP contribution is 2.20. The van der Waals surface area contributed by atoms with Gasteiger partial charge < -0.3 is 15.7 Å². The number of rotatable bonds is 6. The summed E-state index contributed by atoms with van der Waals surface area (Å²) in [5, 5.41) is 10.0. The van der Waals surface area contributed by atoms with Crippen LogP contribution in [0, 0.1) is 5.82 Å². The third kappa shape index (κ3) is 4.27. The standard InChI is InChI=1S/C16H22FN3O3/c1-2-20(9-12-4-3-5-13(17)8-12)14(21)10-19-7-6-16(23,11-19)15(18)22/h3-5,8,23H,2,6-7,9-11H2,1H3,(H2,18,22). The van der Waals surface area contributed by atoms with E-state index in [0.29, 0.717) is 19.6 Å². The molecule has 1 saturated heterocycles. The number of nitrogens with two attached hydrogens (primary N) is 1. The Bertz CT molecular complexity index is 596.